The smallest absolute Gasteiger partial charge is 0.196 e. The maximum Gasteiger partial charge on any atom is 0.196 e. The predicted molar refractivity (Wildman–Crippen MR) is 21.3 cm³/mol. The Bertz CT molecular complexity index is 80.1. The number of nitrogens with zero attached hydrogens (tertiary/aromatic N) is 1. The summed E-state index contributed by atoms with van der Waals surface area (Å²) in [4.78, 5) is -0.356. The van der Waals surface area contributed by atoms with Crippen LogP contribution >= 0.6 is 12.2 Å². The van der Waals surface area contributed by atoms with E-state index in [1.54, 1.807) is 0 Å². The molecule has 0 aliphatic heterocycles. The Morgan fingerprint density at radius 3 is 2.20 bits per heavy atom. The zero-order valence-corrected chi connectivity index (χ0v) is 3.17. The highest BCUT2D eigenvalue weighted by Gasteiger charge is 1.70. The van der Waals surface area contributed by atoms with E-state index in [9.17, 15) is 0 Å². The molecule has 3 heteroatoms. The summed E-state index contributed by atoms with van der Waals surface area (Å²) >= 11 is 4.00. The Balaban J connectivity index is 3.35. The van der Waals surface area contributed by atoms with Gasteiger partial charge in [0, 0.05) is 0 Å². The first kappa shape index (κ1) is 4.38. The summed E-state index contributed by atoms with van der Waals surface area (Å²) in [5, 5.41) is 7.56. The van der Waals surface area contributed by atoms with E-state index in [2.05, 4.69) is 12.2 Å². The second-order valence-electron chi connectivity index (χ2n) is 0.441. The SMILES string of the molecule is N#CC([NH])=S. The fourth-order valence-electron chi connectivity index (χ4n) is 0. The van der Waals surface area contributed by atoms with Crippen molar-refractivity contribution in [3.05, 3.63) is 0 Å². The Labute approximate surface area is 35.2 Å². The molecule has 0 aromatic carbocycles. The lowest BCUT2D eigenvalue weighted by atomic mass is 10.8. The molecule has 0 rings (SSSR count). The molecule has 0 spiro atoms. The molecule has 1 N–H and O–H groups in total. The van der Waals surface area contributed by atoms with Crippen LogP contribution in [-0.2, 0) is 0 Å². The first-order valence-corrected chi connectivity index (χ1v) is 1.34. The van der Waals surface area contributed by atoms with E-state index in [-0.39, 0.29) is 4.99 Å². The first-order valence-electron chi connectivity index (χ1n) is 0.928. The highest BCUT2D eigenvalue weighted by atomic mass is 32.1. The molecule has 1 radical (unpaired) electrons. The minimum atomic E-state index is -0.356. The lowest BCUT2D eigenvalue weighted by molar-refractivity contribution is 1.54. The highest BCUT2D eigenvalue weighted by Crippen LogP contribution is 1.54. The molecular formula is C2HN2S. The van der Waals surface area contributed by atoms with Crippen LogP contribution < -0.4 is 5.73 Å². The van der Waals surface area contributed by atoms with Gasteiger partial charge >= 0.3 is 0 Å². The quantitative estimate of drug-likeness (QED) is 0.392. The summed E-state index contributed by atoms with van der Waals surface area (Å²) in [5.74, 6) is 0. The lowest BCUT2D eigenvalue weighted by Crippen LogP contribution is -1.83. The van der Waals surface area contributed by atoms with Gasteiger partial charge in [-0.05, 0) is 12.2 Å². The summed E-state index contributed by atoms with van der Waals surface area (Å²) < 4.78 is 0. The summed E-state index contributed by atoms with van der Waals surface area (Å²) in [6.07, 6.45) is 0. The second kappa shape index (κ2) is 1.68. The largest absolute Gasteiger partial charge is 0.280 e. The van der Waals surface area contributed by atoms with E-state index < -0.39 is 0 Å². The summed E-state index contributed by atoms with van der Waals surface area (Å²) in [6.45, 7) is 0. The average Bonchev–Trinajstić information content (AvgIpc) is 1.38. The molecule has 2 nitrogen and oxygen atoms in total. The van der Waals surface area contributed by atoms with Crippen LogP contribution in [-0.4, -0.2) is 4.99 Å². The molecule has 0 fully saturated rings. The monoisotopic (exact) mass is 85.0 g/mol. The maximum absolute atomic E-state index is 7.56. The number of hydrogen-bond acceptors (Lipinski definition) is 2. The zero-order chi connectivity index (χ0) is 4.28. The molecular weight excluding hydrogens is 84.1 g/mol. The van der Waals surface area contributed by atoms with Crippen LogP contribution in [0.1, 0.15) is 0 Å². The van der Waals surface area contributed by atoms with E-state index in [4.69, 9.17) is 11.0 Å². The van der Waals surface area contributed by atoms with Crippen LogP contribution in [0.25, 0.3) is 0 Å². The third-order valence-electron chi connectivity index (χ3n) is 0.102. The minimum absolute atomic E-state index is 0.356. The van der Waals surface area contributed by atoms with E-state index >= 15 is 0 Å². The average molecular weight is 85.1 g/mol. The van der Waals surface area contributed by atoms with Gasteiger partial charge in [-0.1, -0.05) is 0 Å². The van der Waals surface area contributed by atoms with Crippen molar-refractivity contribution in [2.75, 3.05) is 0 Å². The molecule has 0 saturated carbocycles. The van der Waals surface area contributed by atoms with Crippen molar-refractivity contribution in [2.24, 2.45) is 0 Å². The number of hydrogen-bond donors (Lipinski definition) is 0. The molecule has 0 aromatic heterocycles. The number of nitriles is 1. The van der Waals surface area contributed by atoms with Crippen LogP contribution in [0.5, 0.6) is 0 Å². The van der Waals surface area contributed by atoms with Gasteiger partial charge in [-0.15, -0.1) is 0 Å². The predicted octanol–water partition coefficient (Wildman–Crippen LogP) is 0.120. The van der Waals surface area contributed by atoms with Crippen LogP contribution in [0.15, 0.2) is 0 Å². The van der Waals surface area contributed by atoms with Crippen molar-refractivity contribution < 1.29 is 0 Å². The van der Waals surface area contributed by atoms with Gasteiger partial charge in [0.2, 0.25) is 0 Å². The third-order valence-corrected chi connectivity index (χ3v) is 0.193. The standard InChI is InChI=1S/C2HN2S/c3-1-2(4)5/h4H. The van der Waals surface area contributed by atoms with Gasteiger partial charge < -0.3 is 0 Å². The van der Waals surface area contributed by atoms with E-state index in [0.717, 1.165) is 0 Å². The number of rotatable bonds is 0. The van der Waals surface area contributed by atoms with Crippen molar-refractivity contribution in [1.82, 2.24) is 5.73 Å². The van der Waals surface area contributed by atoms with Gasteiger partial charge in [0.15, 0.2) is 4.99 Å². The van der Waals surface area contributed by atoms with E-state index in [1.807, 2.05) is 0 Å². The second-order valence-corrected chi connectivity index (χ2v) is 0.849. The van der Waals surface area contributed by atoms with Gasteiger partial charge in [0.1, 0.15) is 6.07 Å². The van der Waals surface area contributed by atoms with Gasteiger partial charge in [0.05, 0.1) is 0 Å². The van der Waals surface area contributed by atoms with E-state index in [1.165, 1.54) is 6.07 Å². The van der Waals surface area contributed by atoms with Gasteiger partial charge in [-0.25, -0.2) is 0 Å². The summed E-state index contributed by atoms with van der Waals surface area (Å²) in [5.41, 5.74) is 6.20. The van der Waals surface area contributed by atoms with Crippen LogP contribution in [0.4, 0.5) is 0 Å². The molecule has 0 saturated heterocycles. The molecule has 0 unspecified atom stereocenters. The Hall–Kier alpha value is -0.620. The Kier molecular flexibility index (Phi) is 1.47. The minimum Gasteiger partial charge on any atom is -0.280 e. The van der Waals surface area contributed by atoms with Crippen molar-refractivity contribution in [2.45, 2.75) is 0 Å². The van der Waals surface area contributed by atoms with E-state index in [0.29, 0.717) is 0 Å². The van der Waals surface area contributed by atoms with Gasteiger partial charge in [-0.3, -0.25) is 5.73 Å². The maximum atomic E-state index is 7.56. The van der Waals surface area contributed by atoms with Crippen molar-refractivity contribution in [1.29, 1.82) is 5.26 Å². The molecule has 0 heterocycles. The van der Waals surface area contributed by atoms with Crippen molar-refractivity contribution >= 4 is 17.2 Å². The van der Waals surface area contributed by atoms with Gasteiger partial charge in [-0.2, -0.15) is 5.26 Å². The molecule has 0 atom stereocenters. The molecule has 0 aliphatic rings. The summed E-state index contributed by atoms with van der Waals surface area (Å²) in [6, 6.07) is 1.43. The number of nitrogens with one attached hydrogen (secondary N) is 1. The lowest BCUT2D eigenvalue weighted by Gasteiger charge is -1.58. The topological polar surface area (TPSA) is 47.6 Å². The molecule has 0 aromatic rings. The molecule has 25 valence electrons. The molecule has 0 amide bonds. The Morgan fingerprint density at radius 1 is 2.00 bits per heavy atom. The molecule has 5 heavy (non-hydrogen) atoms. The van der Waals surface area contributed by atoms with Crippen LogP contribution in [0.3, 0.4) is 0 Å². The molecule has 0 aliphatic carbocycles. The van der Waals surface area contributed by atoms with Crippen LogP contribution in [0, 0.1) is 11.3 Å². The fourth-order valence-corrected chi connectivity index (χ4v) is 0. The van der Waals surface area contributed by atoms with Gasteiger partial charge in [0.25, 0.3) is 0 Å². The molecule has 0 bridgehead atoms. The normalized spacial score (nSPS) is 5.40. The fraction of sp³-hybridized carbons (Fsp3) is 0. The Morgan fingerprint density at radius 2 is 2.20 bits per heavy atom. The van der Waals surface area contributed by atoms with Crippen molar-refractivity contribution in [3.63, 3.8) is 0 Å². The first-order chi connectivity index (χ1) is 2.27. The summed E-state index contributed by atoms with van der Waals surface area (Å²) in [7, 11) is 0. The van der Waals surface area contributed by atoms with Crippen LogP contribution in [0.2, 0.25) is 0 Å². The zero-order valence-electron chi connectivity index (χ0n) is 2.36. The third kappa shape index (κ3) is 3.38. The van der Waals surface area contributed by atoms with Crippen molar-refractivity contribution in [3.8, 4) is 6.07 Å². The highest BCUT2D eigenvalue weighted by molar-refractivity contribution is 7.80. The number of thiocarbonyl (C=S) groups is 1.